The SMILES string of the molecule is O=C(Nc1cc(F)c(CC(=O)C(OC2CCC(C(=O)O)CC2)(N2CCCC2)N2CCC(Oc3ccccc3)CC2)cc1Cl)c1csc2ccccc12. The van der Waals surface area contributed by atoms with Crippen LogP contribution in [0.15, 0.2) is 72.1 Å². The molecule has 2 N–H and O–H groups in total. The number of nitrogens with one attached hydrogen (secondary N) is 1. The molecule has 0 radical (unpaired) electrons. The number of rotatable bonds is 12. The molecule has 1 aliphatic carbocycles. The van der Waals surface area contributed by atoms with Crippen LogP contribution >= 0.6 is 22.9 Å². The monoisotopic (exact) mass is 747 g/mol. The summed E-state index contributed by atoms with van der Waals surface area (Å²) >= 11 is 8.12. The molecule has 52 heavy (non-hydrogen) atoms. The standard InChI is InChI=1S/C40H43ClFN3O6S/c41-33-22-27(34(42)24-35(33)43-38(47)32-25-52-36-11-5-4-10-31(32)36)23-37(46)40(44-18-6-7-19-44,51-30-14-12-26(13-15-30)39(48)49)45-20-16-29(17-21-45)50-28-8-2-1-3-9-28/h1-5,8-11,22,24-26,29-30H,6-7,12-21,23H2,(H,43,47)(H,48,49). The molecule has 3 fully saturated rings. The van der Waals surface area contributed by atoms with Gasteiger partial charge in [0.1, 0.15) is 17.7 Å². The van der Waals surface area contributed by atoms with Crippen molar-refractivity contribution in [3.8, 4) is 5.75 Å². The topological polar surface area (TPSA) is 108 Å². The van der Waals surface area contributed by atoms with Crippen LogP contribution in [-0.2, 0) is 20.7 Å². The molecule has 1 unspecified atom stereocenters. The van der Waals surface area contributed by atoms with Crippen LogP contribution in [0.4, 0.5) is 10.1 Å². The van der Waals surface area contributed by atoms with Crippen LogP contribution in [0.3, 0.4) is 0 Å². The van der Waals surface area contributed by atoms with Gasteiger partial charge in [0, 0.05) is 48.1 Å². The van der Waals surface area contributed by atoms with E-state index < -0.39 is 29.5 Å². The van der Waals surface area contributed by atoms with E-state index in [2.05, 4.69) is 15.1 Å². The Hall–Kier alpha value is -3.87. The average Bonchev–Trinajstić information content (AvgIpc) is 3.85. The number of carboxylic acid groups (broad SMARTS) is 1. The molecule has 1 atom stereocenters. The van der Waals surface area contributed by atoms with Crippen LogP contribution in [0.5, 0.6) is 5.75 Å². The van der Waals surface area contributed by atoms with E-state index in [1.54, 1.807) is 5.38 Å². The number of nitrogens with zero attached hydrogens (tertiary/aromatic N) is 2. The highest BCUT2D eigenvalue weighted by Gasteiger charge is 2.53. The zero-order valence-corrected chi connectivity index (χ0v) is 30.5. The Morgan fingerprint density at radius 2 is 1.56 bits per heavy atom. The second kappa shape index (κ2) is 16.0. The van der Waals surface area contributed by atoms with Gasteiger partial charge in [0.25, 0.3) is 5.91 Å². The van der Waals surface area contributed by atoms with Gasteiger partial charge in [-0.3, -0.25) is 24.2 Å². The largest absolute Gasteiger partial charge is 0.490 e. The number of likely N-dealkylation sites (tertiary alicyclic amines) is 2. The lowest BCUT2D eigenvalue weighted by molar-refractivity contribution is -0.260. The van der Waals surface area contributed by atoms with Crippen molar-refractivity contribution in [1.82, 2.24) is 9.80 Å². The number of anilines is 1. The van der Waals surface area contributed by atoms with Crippen LogP contribution in [-0.4, -0.2) is 76.8 Å². The molecule has 3 aromatic carbocycles. The number of piperidine rings is 1. The number of Topliss-reactive ketones (excluding diaryl/α,β-unsaturated/α-hetero) is 1. The second-order valence-corrected chi connectivity index (χ2v) is 15.3. The highest BCUT2D eigenvalue weighted by molar-refractivity contribution is 7.17. The number of fused-ring (bicyclic) bond motifs is 1. The number of thiophene rings is 1. The molecule has 2 saturated heterocycles. The van der Waals surface area contributed by atoms with E-state index in [1.807, 2.05) is 54.6 Å². The normalized spacial score (nSPS) is 21.5. The molecule has 3 heterocycles. The second-order valence-electron chi connectivity index (χ2n) is 14.0. The van der Waals surface area contributed by atoms with Crippen molar-refractivity contribution >= 4 is 56.4 Å². The first-order valence-electron chi connectivity index (χ1n) is 18.1. The van der Waals surface area contributed by atoms with E-state index >= 15 is 4.39 Å². The maximum atomic E-state index is 16.0. The van der Waals surface area contributed by atoms with Gasteiger partial charge in [0.2, 0.25) is 5.85 Å². The zero-order chi connectivity index (χ0) is 36.2. The maximum Gasteiger partial charge on any atom is 0.306 e. The maximum absolute atomic E-state index is 16.0. The van der Waals surface area contributed by atoms with E-state index in [4.69, 9.17) is 21.1 Å². The van der Waals surface area contributed by atoms with Gasteiger partial charge in [0.05, 0.1) is 28.3 Å². The molecule has 274 valence electrons. The molecular formula is C40H43ClFN3O6S. The number of ketones is 1. The fourth-order valence-corrected chi connectivity index (χ4v) is 9.04. The summed E-state index contributed by atoms with van der Waals surface area (Å²) in [6.07, 6.45) is 4.43. The lowest BCUT2D eigenvalue weighted by Crippen LogP contribution is -2.69. The van der Waals surface area contributed by atoms with E-state index in [9.17, 15) is 19.5 Å². The highest BCUT2D eigenvalue weighted by Crippen LogP contribution is 2.38. The van der Waals surface area contributed by atoms with E-state index in [0.717, 1.165) is 28.7 Å². The smallest absolute Gasteiger partial charge is 0.306 e. The van der Waals surface area contributed by atoms with Crippen molar-refractivity contribution in [2.45, 2.75) is 75.8 Å². The number of benzene rings is 3. The Bertz CT molecular complexity index is 1900. The molecule has 3 aliphatic rings. The molecule has 12 heteroatoms. The summed E-state index contributed by atoms with van der Waals surface area (Å²) in [5.74, 6) is -3.27. The number of aliphatic carboxylic acids is 1. The van der Waals surface area contributed by atoms with E-state index in [1.165, 1.54) is 23.5 Å². The molecule has 9 nitrogen and oxygen atoms in total. The first-order chi connectivity index (χ1) is 25.2. The Morgan fingerprint density at radius 1 is 0.885 bits per heavy atom. The third-order valence-corrected chi connectivity index (χ3v) is 11.9. The molecule has 1 aromatic heterocycles. The molecule has 1 amide bonds. The summed E-state index contributed by atoms with van der Waals surface area (Å²) in [5.41, 5.74) is 0.700. The minimum atomic E-state index is -1.47. The Labute approximate surface area is 311 Å². The molecule has 1 saturated carbocycles. The zero-order valence-electron chi connectivity index (χ0n) is 28.9. The van der Waals surface area contributed by atoms with Crippen molar-refractivity contribution in [1.29, 1.82) is 0 Å². The Kier molecular flexibility index (Phi) is 11.2. The first-order valence-corrected chi connectivity index (χ1v) is 19.4. The van der Waals surface area contributed by atoms with E-state index in [0.29, 0.717) is 70.3 Å². The fourth-order valence-electron chi connectivity index (χ4n) is 7.87. The van der Waals surface area contributed by atoms with Gasteiger partial charge in [-0.1, -0.05) is 48.0 Å². The van der Waals surface area contributed by atoms with Gasteiger partial charge in [-0.05, 0) is 87.3 Å². The van der Waals surface area contributed by atoms with Crippen molar-refractivity contribution in [3.63, 3.8) is 0 Å². The number of halogens is 2. The summed E-state index contributed by atoms with van der Waals surface area (Å²) in [6.45, 7) is 2.33. The minimum absolute atomic E-state index is 0.0397. The van der Waals surface area contributed by atoms with Crippen molar-refractivity contribution in [3.05, 3.63) is 94.1 Å². The van der Waals surface area contributed by atoms with Gasteiger partial charge in [0.15, 0.2) is 5.78 Å². The number of carbonyl (C=O) groups is 3. The Balaban J connectivity index is 1.14. The lowest BCUT2D eigenvalue weighted by atomic mass is 9.87. The molecule has 2 aliphatic heterocycles. The fraction of sp³-hybridized carbons (Fsp3) is 0.425. The predicted molar refractivity (Wildman–Crippen MR) is 200 cm³/mol. The van der Waals surface area contributed by atoms with Gasteiger partial charge >= 0.3 is 5.97 Å². The highest BCUT2D eigenvalue weighted by atomic mass is 35.5. The van der Waals surface area contributed by atoms with Crippen LogP contribution in [0.1, 0.15) is 67.3 Å². The van der Waals surface area contributed by atoms with Crippen LogP contribution in [0.2, 0.25) is 5.02 Å². The molecule has 0 bridgehead atoms. The summed E-state index contributed by atoms with van der Waals surface area (Å²) in [7, 11) is 0. The summed E-state index contributed by atoms with van der Waals surface area (Å²) < 4.78 is 30.2. The molecule has 4 aromatic rings. The van der Waals surface area contributed by atoms with Crippen molar-refractivity contribution in [2.24, 2.45) is 5.92 Å². The quantitative estimate of drug-likeness (QED) is 0.150. The molecule has 0 spiro atoms. The number of para-hydroxylation sites is 1. The number of hydrogen-bond acceptors (Lipinski definition) is 8. The van der Waals surface area contributed by atoms with Gasteiger partial charge in [-0.25, -0.2) is 4.39 Å². The minimum Gasteiger partial charge on any atom is -0.490 e. The van der Waals surface area contributed by atoms with Gasteiger partial charge in [-0.2, -0.15) is 0 Å². The number of hydrogen-bond donors (Lipinski definition) is 2. The summed E-state index contributed by atoms with van der Waals surface area (Å²) in [6, 6.07) is 19.8. The lowest BCUT2D eigenvalue weighted by Gasteiger charge is -2.51. The summed E-state index contributed by atoms with van der Waals surface area (Å²) in [4.78, 5) is 44.1. The molecular weight excluding hydrogens is 705 g/mol. The van der Waals surface area contributed by atoms with Crippen molar-refractivity contribution in [2.75, 3.05) is 31.5 Å². The predicted octanol–water partition coefficient (Wildman–Crippen LogP) is 8.01. The van der Waals surface area contributed by atoms with Gasteiger partial charge in [-0.15, -0.1) is 11.3 Å². The van der Waals surface area contributed by atoms with Crippen LogP contribution in [0.25, 0.3) is 10.1 Å². The average molecular weight is 748 g/mol. The van der Waals surface area contributed by atoms with E-state index in [-0.39, 0.29) is 40.7 Å². The van der Waals surface area contributed by atoms with Gasteiger partial charge < -0.3 is 19.9 Å². The first kappa shape index (κ1) is 36.5. The van der Waals surface area contributed by atoms with Crippen molar-refractivity contribution < 1.29 is 33.4 Å². The van der Waals surface area contributed by atoms with Crippen LogP contribution in [0, 0.1) is 11.7 Å². The number of carbonyl (C=O) groups excluding carboxylic acids is 2. The number of amides is 1. The van der Waals surface area contributed by atoms with Crippen LogP contribution < -0.4 is 10.1 Å². The molecule has 7 rings (SSSR count). The number of ether oxygens (including phenoxy) is 2. The third kappa shape index (κ3) is 7.75. The number of carboxylic acids is 1. The Morgan fingerprint density at radius 3 is 2.27 bits per heavy atom. The third-order valence-electron chi connectivity index (χ3n) is 10.6. The summed E-state index contributed by atoms with van der Waals surface area (Å²) in [5, 5.41) is 15.1.